The van der Waals surface area contributed by atoms with Crippen LogP contribution in [-0.2, 0) is 10.9 Å². The van der Waals surface area contributed by atoms with Crippen LogP contribution in [-0.4, -0.2) is 65.2 Å². The first-order valence-corrected chi connectivity index (χ1v) is 9.67. The van der Waals surface area contributed by atoms with Gasteiger partial charge in [0, 0.05) is 38.6 Å². The van der Waals surface area contributed by atoms with E-state index in [0.717, 1.165) is 12.1 Å². The zero-order chi connectivity index (χ0) is 21.9. The third-order valence-electron chi connectivity index (χ3n) is 4.56. The van der Waals surface area contributed by atoms with E-state index in [9.17, 15) is 18.0 Å². The molecule has 1 fully saturated rings. The first-order valence-electron chi connectivity index (χ1n) is 9.67. The van der Waals surface area contributed by atoms with Gasteiger partial charge in [0.2, 0.25) is 0 Å². The normalized spacial score (nSPS) is 20.4. The minimum atomic E-state index is -4.37. The third kappa shape index (κ3) is 5.65. The summed E-state index contributed by atoms with van der Waals surface area (Å²) in [6.45, 7) is 7.65. The molecule has 164 valence electrons. The molecular weight excluding hydrogens is 399 g/mol. The van der Waals surface area contributed by atoms with Crippen molar-refractivity contribution in [2.75, 3.05) is 31.6 Å². The quantitative estimate of drug-likeness (QED) is 0.799. The number of carbonyl (C=O) groups excluding carboxylic acids is 1. The molecule has 30 heavy (non-hydrogen) atoms. The van der Waals surface area contributed by atoms with Gasteiger partial charge in [-0.15, -0.1) is 0 Å². The van der Waals surface area contributed by atoms with Crippen molar-refractivity contribution in [1.82, 2.24) is 14.8 Å². The summed E-state index contributed by atoms with van der Waals surface area (Å²) in [5.74, 6) is 0. The molecule has 0 radical (unpaired) electrons. The van der Waals surface area contributed by atoms with Crippen LogP contribution in [0.25, 0.3) is 0 Å². The molecule has 0 bridgehead atoms. The monoisotopic (exact) mass is 425 g/mol. The first kappa shape index (κ1) is 21.9. The Labute approximate surface area is 173 Å². The Kier molecular flexibility index (Phi) is 6.25. The van der Waals surface area contributed by atoms with Gasteiger partial charge in [-0.3, -0.25) is 20.3 Å². The van der Waals surface area contributed by atoms with Crippen molar-refractivity contribution in [3.63, 3.8) is 0 Å². The predicted molar refractivity (Wildman–Crippen MR) is 108 cm³/mol. The topological polar surface area (TPSA) is 60.4 Å². The average molecular weight is 425 g/mol. The van der Waals surface area contributed by atoms with Gasteiger partial charge in [-0.1, -0.05) is 0 Å². The number of carbonyl (C=O) groups is 1. The van der Waals surface area contributed by atoms with Gasteiger partial charge in [0.1, 0.15) is 5.60 Å². The van der Waals surface area contributed by atoms with Crippen LogP contribution in [0.4, 0.5) is 23.7 Å². The summed E-state index contributed by atoms with van der Waals surface area (Å²) in [6.07, 6.45) is 0.104. The standard InChI is InChI=1S/C20H26F3N5O2/c1-19(2,3)30-18(29)27-13-11-26(12-14-27)17-24-9-4-10-28(17)25-16-7-5-15(6-8-16)20(21,22)23/h4-10,17,25H,11-14H2,1-3H3. The minimum Gasteiger partial charge on any atom is -0.444 e. The highest BCUT2D eigenvalue weighted by Gasteiger charge is 2.32. The number of ether oxygens (including phenoxy) is 1. The SMILES string of the molecule is CC(C)(C)OC(=O)N1CCN(C2N=CC=CN2Nc2ccc(C(F)(F)F)cc2)CC1. The van der Waals surface area contributed by atoms with Gasteiger partial charge in [0.25, 0.3) is 0 Å². The lowest BCUT2D eigenvalue weighted by molar-refractivity contribution is -0.137. The number of nitrogens with one attached hydrogen (secondary N) is 1. The molecule has 1 atom stereocenters. The molecule has 1 aromatic carbocycles. The maximum atomic E-state index is 12.8. The minimum absolute atomic E-state index is 0.339. The second kappa shape index (κ2) is 8.55. The molecule has 0 aromatic heterocycles. The number of alkyl halides is 3. The lowest BCUT2D eigenvalue weighted by Gasteiger charge is -2.42. The molecular formula is C20H26F3N5O2. The summed E-state index contributed by atoms with van der Waals surface area (Å²) in [6, 6.07) is 4.83. The number of hydrogen-bond donors (Lipinski definition) is 1. The summed E-state index contributed by atoms with van der Waals surface area (Å²) < 4.78 is 43.7. The van der Waals surface area contributed by atoms with Crippen LogP contribution < -0.4 is 5.43 Å². The Morgan fingerprint density at radius 1 is 1.10 bits per heavy atom. The van der Waals surface area contributed by atoms with Crippen LogP contribution in [0.15, 0.2) is 41.5 Å². The summed E-state index contributed by atoms with van der Waals surface area (Å²) in [4.78, 5) is 20.5. The first-order chi connectivity index (χ1) is 14.0. The fourth-order valence-corrected chi connectivity index (χ4v) is 3.12. The van der Waals surface area contributed by atoms with Gasteiger partial charge in [0.05, 0.1) is 11.3 Å². The zero-order valence-electron chi connectivity index (χ0n) is 17.2. The molecule has 0 spiro atoms. The Balaban J connectivity index is 1.60. The molecule has 1 N–H and O–H groups in total. The van der Waals surface area contributed by atoms with Gasteiger partial charge in [-0.25, -0.2) is 4.79 Å². The summed E-state index contributed by atoms with van der Waals surface area (Å²) in [5.41, 5.74) is 2.36. The molecule has 1 aromatic rings. The number of piperazine rings is 1. The molecule has 2 aliphatic rings. The number of rotatable bonds is 3. The number of amides is 1. The molecule has 0 saturated carbocycles. The molecule has 0 aliphatic carbocycles. The van der Waals surface area contributed by atoms with Crippen LogP contribution in [0.3, 0.4) is 0 Å². The molecule has 2 aliphatic heterocycles. The van der Waals surface area contributed by atoms with Crippen molar-refractivity contribution < 1.29 is 22.7 Å². The molecule has 1 saturated heterocycles. The van der Waals surface area contributed by atoms with Gasteiger partial charge in [-0.05, 0) is 51.1 Å². The lowest BCUT2D eigenvalue weighted by Crippen LogP contribution is -2.57. The smallest absolute Gasteiger partial charge is 0.416 e. The molecule has 7 nitrogen and oxygen atoms in total. The zero-order valence-corrected chi connectivity index (χ0v) is 17.2. The van der Waals surface area contributed by atoms with E-state index in [4.69, 9.17) is 4.74 Å². The largest absolute Gasteiger partial charge is 0.444 e. The lowest BCUT2D eigenvalue weighted by atomic mass is 10.2. The van der Waals surface area contributed by atoms with E-state index in [1.54, 1.807) is 28.4 Å². The second-order valence-electron chi connectivity index (χ2n) is 8.08. The highest BCUT2D eigenvalue weighted by molar-refractivity contribution is 5.72. The fourth-order valence-electron chi connectivity index (χ4n) is 3.12. The van der Waals surface area contributed by atoms with Crippen LogP contribution in [0, 0.1) is 0 Å². The Morgan fingerprint density at radius 3 is 2.30 bits per heavy atom. The fraction of sp³-hybridized carbons (Fsp3) is 0.500. The maximum absolute atomic E-state index is 12.8. The average Bonchev–Trinajstić information content (AvgIpc) is 2.67. The summed E-state index contributed by atoms with van der Waals surface area (Å²) >= 11 is 0. The van der Waals surface area contributed by atoms with Crippen molar-refractivity contribution in [1.29, 1.82) is 0 Å². The van der Waals surface area contributed by atoms with Crippen LogP contribution in [0.5, 0.6) is 0 Å². The number of nitrogens with zero attached hydrogens (tertiary/aromatic N) is 4. The molecule has 1 amide bonds. The van der Waals surface area contributed by atoms with Gasteiger partial charge in [0.15, 0.2) is 6.29 Å². The molecule has 1 unspecified atom stereocenters. The van der Waals surface area contributed by atoms with E-state index in [2.05, 4.69) is 15.3 Å². The van der Waals surface area contributed by atoms with E-state index in [1.807, 2.05) is 20.8 Å². The van der Waals surface area contributed by atoms with Crippen LogP contribution >= 0.6 is 0 Å². The Bertz CT molecular complexity index is 794. The number of hydrogen-bond acceptors (Lipinski definition) is 6. The highest BCUT2D eigenvalue weighted by Crippen LogP contribution is 2.30. The van der Waals surface area contributed by atoms with E-state index >= 15 is 0 Å². The van der Waals surface area contributed by atoms with Crippen molar-refractivity contribution in [3.8, 4) is 0 Å². The van der Waals surface area contributed by atoms with Crippen LogP contribution in [0.1, 0.15) is 26.3 Å². The second-order valence-corrected chi connectivity index (χ2v) is 8.08. The molecule has 10 heteroatoms. The number of anilines is 1. The Hall–Kier alpha value is -2.75. The molecule has 2 heterocycles. The van der Waals surface area contributed by atoms with E-state index in [0.29, 0.717) is 31.9 Å². The summed E-state index contributed by atoms with van der Waals surface area (Å²) in [5, 5.41) is 1.73. The van der Waals surface area contributed by atoms with Crippen molar-refractivity contribution in [2.24, 2.45) is 4.99 Å². The van der Waals surface area contributed by atoms with Crippen LogP contribution in [0.2, 0.25) is 0 Å². The maximum Gasteiger partial charge on any atom is 0.416 e. The van der Waals surface area contributed by atoms with E-state index in [1.165, 1.54) is 12.1 Å². The third-order valence-corrected chi connectivity index (χ3v) is 4.56. The number of hydrazine groups is 1. The highest BCUT2D eigenvalue weighted by atomic mass is 19.4. The van der Waals surface area contributed by atoms with E-state index in [-0.39, 0.29) is 12.4 Å². The number of halogens is 3. The van der Waals surface area contributed by atoms with Crippen molar-refractivity contribution in [3.05, 3.63) is 42.1 Å². The number of benzene rings is 1. The van der Waals surface area contributed by atoms with Gasteiger partial charge in [-0.2, -0.15) is 13.2 Å². The van der Waals surface area contributed by atoms with Crippen molar-refractivity contribution >= 4 is 18.0 Å². The van der Waals surface area contributed by atoms with Gasteiger partial charge >= 0.3 is 12.3 Å². The number of allylic oxidation sites excluding steroid dienone is 1. The summed E-state index contributed by atoms with van der Waals surface area (Å²) in [7, 11) is 0. The van der Waals surface area contributed by atoms with Gasteiger partial charge < -0.3 is 9.64 Å². The molecule has 3 rings (SSSR count). The van der Waals surface area contributed by atoms with Crippen molar-refractivity contribution in [2.45, 2.75) is 38.8 Å². The van der Waals surface area contributed by atoms with E-state index < -0.39 is 17.3 Å². The Morgan fingerprint density at radius 2 is 1.73 bits per heavy atom. The number of aliphatic imine (C=N–C) groups is 1. The predicted octanol–water partition coefficient (Wildman–Crippen LogP) is 3.77.